The maximum atomic E-state index is 12.0. The van der Waals surface area contributed by atoms with E-state index in [4.69, 9.17) is 21.1 Å². The second-order valence-electron chi connectivity index (χ2n) is 6.67. The highest BCUT2D eigenvalue weighted by Gasteiger charge is 2.11. The van der Waals surface area contributed by atoms with Crippen LogP contribution in [0.1, 0.15) is 17.5 Å². The van der Waals surface area contributed by atoms with Crippen LogP contribution in [0.25, 0.3) is 0 Å². The molecular formula is C24H22ClN3O4. The number of hydrogen-bond donors (Lipinski definition) is 2. The zero-order valence-electron chi connectivity index (χ0n) is 17.4. The minimum atomic E-state index is -0.534. The lowest BCUT2D eigenvalue weighted by Gasteiger charge is -2.09. The van der Waals surface area contributed by atoms with E-state index in [-0.39, 0.29) is 6.42 Å². The Hall–Kier alpha value is -3.84. The van der Waals surface area contributed by atoms with Crippen molar-refractivity contribution in [3.8, 4) is 11.5 Å². The van der Waals surface area contributed by atoms with E-state index in [1.165, 1.54) is 13.3 Å². The first kappa shape index (κ1) is 22.8. The first-order valence-corrected chi connectivity index (χ1v) is 10.1. The standard InChI is InChI=1S/C24H22ClN3O4/c1-31-22-9-5-4-8-21(22)27-23(29)14-24(30)28-26-15-17-10-12-19(13-11-17)32-16-18-6-2-3-7-20(18)25/h2-13,15H,14,16H2,1H3,(H,27,29)(H,28,30). The van der Waals surface area contributed by atoms with Crippen LogP contribution in [-0.2, 0) is 16.2 Å². The van der Waals surface area contributed by atoms with Gasteiger partial charge in [0.05, 0.1) is 19.0 Å². The summed E-state index contributed by atoms with van der Waals surface area (Å²) in [7, 11) is 1.50. The van der Waals surface area contributed by atoms with Crippen LogP contribution >= 0.6 is 11.6 Å². The molecule has 0 aliphatic carbocycles. The molecule has 0 spiro atoms. The number of nitrogens with zero attached hydrogens (tertiary/aromatic N) is 1. The third kappa shape index (κ3) is 6.85. The number of carbonyl (C=O) groups is 2. The molecule has 3 aromatic carbocycles. The number of benzene rings is 3. The second kappa shape index (κ2) is 11.5. The van der Waals surface area contributed by atoms with Crippen LogP contribution in [0.2, 0.25) is 5.02 Å². The van der Waals surface area contributed by atoms with E-state index in [2.05, 4.69) is 15.8 Å². The quantitative estimate of drug-likeness (QED) is 0.286. The Morgan fingerprint density at radius 2 is 1.69 bits per heavy atom. The molecule has 0 radical (unpaired) electrons. The molecule has 0 fully saturated rings. The van der Waals surface area contributed by atoms with Crippen molar-refractivity contribution in [2.24, 2.45) is 5.10 Å². The van der Waals surface area contributed by atoms with Gasteiger partial charge in [-0.25, -0.2) is 5.43 Å². The van der Waals surface area contributed by atoms with Crippen LogP contribution in [0.3, 0.4) is 0 Å². The molecule has 0 saturated carbocycles. The minimum absolute atomic E-state index is 0.361. The van der Waals surface area contributed by atoms with Crippen molar-refractivity contribution < 1.29 is 19.1 Å². The van der Waals surface area contributed by atoms with Crippen molar-refractivity contribution in [1.82, 2.24) is 5.43 Å². The summed E-state index contributed by atoms with van der Waals surface area (Å²) in [6.45, 7) is 0.361. The van der Waals surface area contributed by atoms with Crippen LogP contribution < -0.4 is 20.2 Å². The van der Waals surface area contributed by atoms with E-state index in [1.807, 2.05) is 24.3 Å². The Balaban J connectivity index is 1.44. The number of carbonyl (C=O) groups excluding carboxylic acids is 2. The first-order chi connectivity index (χ1) is 15.5. The van der Waals surface area contributed by atoms with Gasteiger partial charge in [-0.15, -0.1) is 0 Å². The maximum absolute atomic E-state index is 12.0. The van der Waals surface area contributed by atoms with Gasteiger partial charge in [-0.1, -0.05) is 41.9 Å². The molecular weight excluding hydrogens is 430 g/mol. The Bertz CT molecular complexity index is 1100. The van der Waals surface area contributed by atoms with Gasteiger partial charge in [-0.3, -0.25) is 9.59 Å². The molecule has 0 aliphatic rings. The van der Waals surface area contributed by atoms with Crippen LogP contribution in [0.5, 0.6) is 11.5 Å². The number of methoxy groups -OCH3 is 1. The fourth-order valence-electron chi connectivity index (χ4n) is 2.73. The number of rotatable bonds is 9. The van der Waals surface area contributed by atoms with E-state index < -0.39 is 11.8 Å². The smallest absolute Gasteiger partial charge is 0.249 e. The molecule has 0 aliphatic heterocycles. The van der Waals surface area contributed by atoms with Crippen molar-refractivity contribution in [2.45, 2.75) is 13.0 Å². The zero-order valence-corrected chi connectivity index (χ0v) is 18.1. The Morgan fingerprint density at radius 3 is 2.44 bits per heavy atom. The van der Waals surface area contributed by atoms with E-state index in [0.717, 1.165) is 11.1 Å². The van der Waals surface area contributed by atoms with Crippen molar-refractivity contribution in [3.63, 3.8) is 0 Å². The van der Waals surface area contributed by atoms with Crippen LogP contribution in [0.15, 0.2) is 77.9 Å². The lowest BCUT2D eigenvalue weighted by molar-refractivity contribution is -0.126. The van der Waals surface area contributed by atoms with Gasteiger partial charge in [0.15, 0.2) is 0 Å². The minimum Gasteiger partial charge on any atom is -0.495 e. The van der Waals surface area contributed by atoms with Gasteiger partial charge in [0.2, 0.25) is 11.8 Å². The number of hydrogen-bond acceptors (Lipinski definition) is 5. The number of hydrazone groups is 1. The monoisotopic (exact) mass is 451 g/mol. The average molecular weight is 452 g/mol. The maximum Gasteiger partial charge on any atom is 0.249 e. The number of anilines is 1. The number of para-hydroxylation sites is 2. The van der Waals surface area contributed by atoms with Gasteiger partial charge in [0, 0.05) is 10.6 Å². The summed E-state index contributed by atoms with van der Waals surface area (Å²) in [4.78, 5) is 24.0. The Labute approximate surface area is 191 Å². The molecule has 3 aromatic rings. The molecule has 0 aromatic heterocycles. The summed E-state index contributed by atoms with van der Waals surface area (Å²) in [5, 5.41) is 7.17. The lowest BCUT2D eigenvalue weighted by atomic mass is 10.2. The highest BCUT2D eigenvalue weighted by Crippen LogP contribution is 2.23. The molecule has 8 heteroatoms. The number of amides is 2. The predicted octanol–water partition coefficient (Wildman–Crippen LogP) is 4.41. The van der Waals surface area contributed by atoms with Gasteiger partial charge in [-0.2, -0.15) is 5.10 Å². The van der Waals surface area contributed by atoms with Crippen molar-refractivity contribution in [1.29, 1.82) is 0 Å². The van der Waals surface area contributed by atoms with Gasteiger partial charge in [0.1, 0.15) is 24.5 Å². The molecule has 0 unspecified atom stereocenters. The molecule has 3 rings (SSSR count). The van der Waals surface area contributed by atoms with Gasteiger partial charge in [0.25, 0.3) is 0 Å². The average Bonchev–Trinajstić information content (AvgIpc) is 2.79. The van der Waals surface area contributed by atoms with E-state index >= 15 is 0 Å². The summed E-state index contributed by atoms with van der Waals surface area (Å²) >= 11 is 6.12. The highest BCUT2D eigenvalue weighted by molar-refractivity contribution is 6.31. The molecule has 0 saturated heterocycles. The molecule has 2 N–H and O–H groups in total. The van der Waals surface area contributed by atoms with Gasteiger partial charge in [-0.05, 0) is 48.0 Å². The van der Waals surface area contributed by atoms with Crippen LogP contribution in [0, 0.1) is 0 Å². The molecule has 164 valence electrons. The van der Waals surface area contributed by atoms with Gasteiger partial charge < -0.3 is 14.8 Å². The first-order valence-electron chi connectivity index (χ1n) is 9.76. The van der Waals surface area contributed by atoms with Crippen molar-refractivity contribution in [2.75, 3.05) is 12.4 Å². The normalized spacial score (nSPS) is 10.6. The fourth-order valence-corrected chi connectivity index (χ4v) is 2.92. The summed E-state index contributed by atoms with van der Waals surface area (Å²) in [6.07, 6.45) is 1.11. The zero-order chi connectivity index (χ0) is 22.8. The summed E-state index contributed by atoms with van der Waals surface area (Å²) in [5.74, 6) is 0.188. The number of nitrogens with one attached hydrogen (secondary N) is 2. The lowest BCUT2D eigenvalue weighted by Crippen LogP contribution is -2.24. The largest absolute Gasteiger partial charge is 0.495 e. The predicted molar refractivity (Wildman–Crippen MR) is 124 cm³/mol. The highest BCUT2D eigenvalue weighted by atomic mass is 35.5. The van der Waals surface area contributed by atoms with Crippen molar-refractivity contribution >= 4 is 35.3 Å². The van der Waals surface area contributed by atoms with Crippen molar-refractivity contribution in [3.05, 3.63) is 88.9 Å². The molecule has 7 nitrogen and oxygen atoms in total. The number of ether oxygens (including phenoxy) is 2. The third-order valence-electron chi connectivity index (χ3n) is 4.34. The van der Waals surface area contributed by atoms with Gasteiger partial charge >= 0.3 is 0 Å². The fraction of sp³-hybridized carbons (Fsp3) is 0.125. The second-order valence-corrected chi connectivity index (χ2v) is 7.07. The Morgan fingerprint density at radius 1 is 0.969 bits per heavy atom. The van der Waals surface area contributed by atoms with Crippen LogP contribution in [-0.4, -0.2) is 25.1 Å². The summed E-state index contributed by atoms with van der Waals surface area (Å²) in [6, 6.07) is 21.6. The summed E-state index contributed by atoms with van der Waals surface area (Å²) in [5.41, 5.74) is 4.49. The SMILES string of the molecule is COc1ccccc1NC(=O)CC(=O)NN=Cc1ccc(OCc2ccccc2Cl)cc1. The molecule has 32 heavy (non-hydrogen) atoms. The van der Waals surface area contributed by atoms with E-state index in [1.54, 1.807) is 48.5 Å². The van der Waals surface area contributed by atoms with E-state index in [0.29, 0.717) is 28.8 Å². The van der Waals surface area contributed by atoms with Crippen LogP contribution in [0.4, 0.5) is 5.69 Å². The summed E-state index contributed by atoms with van der Waals surface area (Å²) < 4.78 is 10.9. The Kier molecular flexibility index (Phi) is 8.22. The van der Waals surface area contributed by atoms with E-state index in [9.17, 15) is 9.59 Å². The molecule has 0 bridgehead atoms. The molecule has 0 heterocycles. The number of halogens is 1. The topological polar surface area (TPSA) is 89.0 Å². The molecule has 0 atom stereocenters. The molecule has 2 amide bonds. The third-order valence-corrected chi connectivity index (χ3v) is 4.71.